The number of fused-ring (bicyclic) bond motifs is 1. The van der Waals surface area contributed by atoms with Gasteiger partial charge in [0, 0.05) is 28.9 Å². The first-order chi connectivity index (χ1) is 12.9. The Kier molecular flexibility index (Phi) is 3.87. The number of aromatic nitrogens is 5. The van der Waals surface area contributed by atoms with Crippen LogP contribution in [0.5, 0.6) is 5.75 Å². The molecular formula is C17H11F3N6O. The molecule has 10 heteroatoms. The molecule has 0 spiro atoms. The summed E-state index contributed by atoms with van der Waals surface area (Å²) >= 11 is 0. The largest absolute Gasteiger partial charge is 0.573 e. The van der Waals surface area contributed by atoms with Gasteiger partial charge in [0.15, 0.2) is 11.4 Å². The second kappa shape index (κ2) is 6.24. The fourth-order valence-corrected chi connectivity index (χ4v) is 2.73. The first-order valence-corrected chi connectivity index (χ1v) is 7.68. The third-order valence-electron chi connectivity index (χ3n) is 3.82. The standard InChI is InChI=1S/C17H11F3N6O/c18-17(19,20)27-14-4-2-1-3-13(14)26-16-12(8-25-26)10(5-6-23-16)11-7-22-9-24-15(11)21/h1-9H,(H2,21,22,24). The number of anilines is 1. The molecule has 0 bridgehead atoms. The van der Waals surface area contributed by atoms with Crippen LogP contribution in [-0.4, -0.2) is 31.1 Å². The summed E-state index contributed by atoms with van der Waals surface area (Å²) in [6.45, 7) is 0. The van der Waals surface area contributed by atoms with Crippen molar-refractivity contribution in [3.63, 3.8) is 0 Å². The lowest BCUT2D eigenvalue weighted by Crippen LogP contribution is -2.18. The number of alkyl halides is 3. The molecule has 4 aromatic rings. The van der Waals surface area contributed by atoms with Crippen LogP contribution >= 0.6 is 0 Å². The highest BCUT2D eigenvalue weighted by atomic mass is 19.4. The Bertz CT molecular complexity index is 1130. The Morgan fingerprint density at radius 2 is 1.81 bits per heavy atom. The summed E-state index contributed by atoms with van der Waals surface area (Å²) in [6, 6.07) is 7.41. The summed E-state index contributed by atoms with van der Waals surface area (Å²) in [5.41, 5.74) is 7.60. The molecule has 2 N–H and O–H groups in total. The molecule has 0 amide bonds. The molecule has 0 unspecified atom stereocenters. The first-order valence-electron chi connectivity index (χ1n) is 7.68. The van der Waals surface area contributed by atoms with Crippen molar-refractivity contribution in [1.29, 1.82) is 0 Å². The topological polar surface area (TPSA) is 91.7 Å². The van der Waals surface area contributed by atoms with E-state index in [0.717, 1.165) is 0 Å². The minimum Gasteiger partial charge on any atom is -0.403 e. The number of benzene rings is 1. The number of hydrogen-bond donors (Lipinski definition) is 1. The first kappa shape index (κ1) is 16.8. The van der Waals surface area contributed by atoms with Crippen LogP contribution in [0.4, 0.5) is 19.0 Å². The maximum Gasteiger partial charge on any atom is 0.573 e. The van der Waals surface area contributed by atoms with Crippen molar-refractivity contribution in [2.24, 2.45) is 0 Å². The maximum atomic E-state index is 12.7. The van der Waals surface area contributed by atoms with Crippen molar-refractivity contribution in [2.75, 3.05) is 5.73 Å². The van der Waals surface area contributed by atoms with Crippen LogP contribution in [0.1, 0.15) is 0 Å². The Morgan fingerprint density at radius 3 is 2.59 bits per heavy atom. The van der Waals surface area contributed by atoms with Crippen molar-refractivity contribution in [3.05, 3.63) is 55.2 Å². The molecule has 0 saturated carbocycles. The van der Waals surface area contributed by atoms with Gasteiger partial charge in [0.2, 0.25) is 0 Å². The molecule has 1 aromatic carbocycles. The van der Waals surface area contributed by atoms with Crippen molar-refractivity contribution >= 4 is 16.9 Å². The van der Waals surface area contributed by atoms with Crippen molar-refractivity contribution in [3.8, 4) is 22.6 Å². The monoisotopic (exact) mass is 372 g/mol. The lowest BCUT2D eigenvalue weighted by atomic mass is 10.1. The molecule has 3 heterocycles. The van der Waals surface area contributed by atoms with Crippen LogP contribution in [-0.2, 0) is 0 Å². The predicted molar refractivity (Wildman–Crippen MR) is 91.0 cm³/mol. The van der Waals surface area contributed by atoms with E-state index in [2.05, 4.69) is 24.8 Å². The molecule has 0 aliphatic carbocycles. The number of nitrogen functional groups attached to an aromatic ring is 1. The molecule has 4 rings (SSSR count). The van der Waals surface area contributed by atoms with Crippen molar-refractivity contribution in [1.82, 2.24) is 24.7 Å². The minimum atomic E-state index is -4.83. The third-order valence-corrected chi connectivity index (χ3v) is 3.82. The zero-order chi connectivity index (χ0) is 19.0. The molecule has 27 heavy (non-hydrogen) atoms. The van der Waals surface area contributed by atoms with Crippen LogP contribution in [0, 0.1) is 0 Å². The molecule has 0 fully saturated rings. The average Bonchev–Trinajstić information content (AvgIpc) is 3.05. The Balaban J connectivity index is 1.90. The Hall–Kier alpha value is -3.69. The van der Waals surface area contributed by atoms with Crippen molar-refractivity contribution in [2.45, 2.75) is 6.36 Å². The summed E-state index contributed by atoms with van der Waals surface area (Å²) in [6.07, 6.45) is 1.05. The van der Waals surface area contributed by atoms with E-state index >= 15 is 0 Å². The molecular weight excluding hydrogens is 361 g/mol. The lowest BCUT2D eigenvalue weighted by molar-refractivity contribution is -0.274. The highest BCUT2D eigenvalue weighted by molar-refractivity contribution is 5.95. The molecule has 3 aromatic heterocycles. The van der Waals surface area contributed by atoms with Gasteiger partial charge in [-0.25, -0.2) is 19.6 Å². The zero-order valence-corrected chi connectivity index (χ0v) is 13.6. The predicted octanol–water partition coefficient (Wildman–Crippen LogP) is 3.36. The zero-order valence-electron chi connectivity index (χ0n) is 13.6. The molecule has 0 aliphatic heterocycles. The highest BCUT2D eigenvalue weighted by Gasteiger charge is 2.32. The number of rotatable bonds is 3. The Morgan fingerprint density at radius 1 is 1.00 bits per heavy atom. The van der Waals surface area contributed by atoms with E-state index in [0.29, 0.717) is 22.2 Å². The van der Waals surface area contributed by atoms with Gasteiger partial charge in [-0.15, -0.1) is 13.2 Å². The number of ether oxygens (including phenoxy) is 1. The van der Waals surface area contributed by atoms with Crippen LogP contribution in [0.2, 0.25) is 0 Å². The van der Waals surface area contributed by atoms with E-state index in [9.17, 15) is 13.2 Å². The molecule has 0 aliphatic rings. The van der Waals surface area contributed by atoms with Gasteiger partial charge in [0.05, 0.1) is 6.20 Å². The quantitative estimate of drug-likeness (QED) is 0.593. The van der Waals surface area contributed by atoms with Crippen LogP contribution in [0.3, 0.4) is 0 Å². The molecule has 0 saturated heterocycles. The van der Waals surface area contributed by atoms with E-state index < -0.39 is 6.36 Å². The summed E-state index contributed by atoms with van der Waals surface area (Å²) in [5.74, 6) is -0.115. The van der Waals surface area contributed by atoms with Gasteiger partial charge in [0.1, 0.15) is 17.8 Å². The van der Waals surface area contributed by atoms with E-state index in [1.807, 2.05) is 0 Å². The van der Waals surface area contributed by atoms with Gasteiger partial charge >= 0.3 is 6.36 Å². The van der Waals surface area contributed by atoms with E-state index in [1.165, 1.54) is 41.6 Å². The number of para-hydroxylation sites is 2. The second-order valence-electron chi connectivity index (χ2n) is 5.49. The van der Waals surface area contributed by atoms with Gasteiger partial charge in [-0.2, -0.15) is 5.10 Å². The van der Waals surface area contributed by atoms with Gasteiger partial charge in [0.25, 0.3) is 0 Å². The summed E-state index contributed by atoms with van der Waals surface area (Å²) in [4.78, 5) is 12.2. The molecule has 7 nitrogen and oxygen atoms in total. The maximum absolute atomic E-state index is 12.7. The summed E-state index contributed by atoms with van der Waals surface area (Å²) in [5, 5.41) is 4.78. The van der Waals surface area contributed by atoms with E-state index in [-0.39, 0.29) is 17.3 Å². The molecule has 0 atom stereocenters. The molecule has 136 valence electrons. The fraction of sp³-hybridized carbons (Fsp3) is 0.0588. The number of hydrogen-bond acceptors (Lipinski definition) is 6. The second-order valence-corrected chi connectivity index (χ2v) is 5.49. The third kappa shape index (κ3) is 3.12. The normalized spacial score (nSPS) is 11.7. The van der Waals surface area contributed by atoms with Crippen LogP contribution in [0.25, 0.3) is 27.8 Å². The fourth-order valence-electron chi connectivity index (χ4n) is 2.73. The smallest absolute Gasteiger partial charge is 0.403 e. The lowest BCUT2D eigenvalue weighted by Gasteiger charge is -2.13. The summed E-state index contributed by atoms with van der Waals surface area (Å²) < 4.78 is 43.5. The van der Waals surface area contributed by atoms with E-state index in [1.54, 1.807) is 18.3 Å². The minimum absolute atomic E-state index is 0.103. The number of nitrogens with two attached hydrogens (primary N) is 1. The summed E-state index contributed by atoms with van der Waals surface area (Å²) in [7, 11) is 0. The number of pyridine rings is 1. The van der Waals surface area contributed by atoms with Crippen LogP contribution in [0.15, 0.2) is 55.2 Å². The van der Waals surface area contributed by atoms with Gasteiger partial charge in [-0.1, -0.05) is 12.1 Å². The van der Waals surface area contributed by atoms with Gasteiger partial charge in [-0.3, -0.25) is 0 Å². The highest BCUT2D eigenvalue weighted by Crippen LogP contribution is 2.33. The average molecular weight is 372 g/mol. The number of halogens is 3. The SMILES string of the molecule is Nc1ncncc1-c1ccnc2c1cnn2-c1ccccc1OC(F)(F)F. The van der Waals surface area contributed by atoms with E-state index in [4.69, 9.17) is 5.73 Å². The van der Waals surface area contributed by atoms with Crippen LogP contribution < -0.4 is 10.5 Å². The van der Waals surface area contributed by atoms with Crippen molar-refractivity contribution < 1.29 is 17.9 Å². The Labute approximate surface area is 150 Å². The molecule has 0 radical (unpaired) electrons. The van der Waals surface area contributed by atoms with Gasteiger partial charge in [-0.05, 0) is 18.2 Å². The van der Waals surface area contributed by atoms with Gasteiger partial charge < -0.3 is 10.5 Å². The number of nitrogens with zero attached hydrogens (tertiary/aromatic N) is 5.